The van der Waals surface area contributed by atoms with Crippen LogP contribution in [0, 0.1) is 5.92 Å². The van der Waals surface area contributed by atoms with Gasteiger partial charge in [-0.05, 0) is 62.6 Å². The lowest BCUT2D eigenvalue weighted by molar-refractivity contribution is 0.353. The number of hydrogen-bond donors (Lipinski definition) is 1. The summed E-state index contributed by atoms with van der Waals surface area (Å²) in [6.45, 7) is 3.41. The fourth-order valence-corrected chi connectivity index (χ4v) is 3.40. The van der Waals surface area contributed by atoms with E-state index in [-0.39, 0.29) is 0 Å². The molecule has 0 bridgehead atoms. The molecule has 2 aliphatic carbocycles. The van der Waals surface area contributed by atoms with E-state index >= 15 is 0 Å². The predicted octanol–water partition coefficient (Wildman–Crippen LogP) is 3.28. The summed E-state index contributed by atoms with van der Waals surface area (Å²) in [6.07, 6.45) is 9.92. The Bertz CT molecular complexity index is 398. The number of nitrogens with zero attached hydrogens (tertiary/aromatic N) is 1. The second-order valence-corrected chi connectivity index (χ2v) is 5.86. The molecule has 3 rings (SSSR count). The van der Waals surface area contributed by atoms with Crippen LogP contribution in [-0.4, -0.2) is 17.6 Å². The van der Waals surface area contributed by atoms with Crippen molar-refractivity contribution in [1.82, 2.24) is 10.3 Å². The van der Waals surface area contributed by atoms with Crippen LogP contribution in [-0.2, 0) is 6.42 Å². The highest BCUT2D eigenvalue weighted by molar-refractivity contribution is 5.28. The number of hydrogen-bond acceptors (Lipinski definition) is 2. The monoisotopic (exact) mass is 244 g/mol. The fourth-order valence-electron chi connectivity index (χ4n) is 3.40. The molecule has 18 heavy (non-hydrogen) atoms. The molecule has 0 radical (unpaired) electrons. The van der Waals surface area contributed by atoms with Crippen molar-refractivity contribution in [3.8, 4) is 0 Å². The fraction of sp³-hybridized carbons (Fsp3) is 0.688. The second-order valence-electron chi connectivity index (χ2n) is 5.86. The minimum absolute atomic E-state index is 0.661. The average molecular weight is 244 g/mol. The van der Waals surface area contributed by atoms with Crippen LogP contribution in [0.2, 0.25) is 0 Å². The van der Waals surface area contributed by atoms with Gasteiger partial charge in [0.05, 0.1) is 0 Å². The lowest BCUT2D eigenvalue weighted by Gasteiger charge is -2.32. The van der Waals surface area contributed by atoms with Crippen LogP contribution >= 0.6 is 0 Å². The SMILES string of the molecule is CCCNC(C1CC1)C1CCCc2cccnc21. The smallest absolute Gasteiger partial charge is 0.0482 e. The molecule has 2 aliphatic rings. The van der Waals surface area contributed by atoms with Crippen LogP contribution in [0.3, 0.4) is 0 Å². The van der Waals surface area contributed by atoms with Crippen LogP contribution in [0.1, 0.15) is 56.2 Å². The second kappa shape index (κ2) is 5.40. The zero-order valence-electron chi connectivity index (χ0n) is 11.4. The van der Waals surface area contributed by atoms with Gasteiger partial charge in [0.1, 0.15) is 0 Å². The zero-order chi connectivity index (χ0) is 12.4. The molecule has 0 aromatic carbocycles. The largest absolute Gasteiger partial charge is 0.313 e. The van der Waals surface area contributed by atoms with Crippen molar-refractivity contribution in [1.29, 1.82) is 0 Å². The van der Waals surface area contributed by atoms with Crippen molar-refractivity contribution in [3.05, 3.63) is 29.6 Å². The predicted molar refractivity (Wildman–Crippen MR) is 74.7 cm³/mol. The number of fused-ring (bicyclic) bond motifs is 1. The molecule has 0 amide bonds. The molecule has 0 aliphatic heterocycles. The Morgan fingerprint density at radius 2 is 2.28 bits per heavy atom. The maximum absolute atomic E-state index is 4.70. The van der Waals surface area contributed by atoms with Crippen LogP contribution in [0.15, 0.2) is 18.3 Å². The summed E-state index contributed by atoms with van der Waals surface area (Å²) < 4.78 is 0. The van der Waals surface area contributed by atoms with Gasteiger partial charge in [-0.1, -0.05) is 13.0 Å². The summed E-state index contributed by atoms with van der Waals surface area (Å²) in [6, 6.07) is 5.05. The van der Waals surface area contributed by atoms with Gasteiger partial charge < -0.3 is 5.32 Å². The maximum atomic E-state index is 4.70. The van der Waals surface area contributed by atoms with Crippen LogP contribution < -0.4 is 5.32 Å². The molecule has 1 fully saturated rings. The first-order valence-corrected chi connectivity index (χ1v) is 7.57. The van der Waals surface area contributed by atoms with Gasteiger partial charge in [-0.25, -0.2) is 0 Å². The molecule has 2 atom stereocenters. The Balaban J connectivity index is 1.81. The Morgan fingerprint density at radius 3 is 3.06 bits per heavy atom. The molecule has 2 nitrogen and oxygen atoms in total. The van der Waals surface area contributed by atoms with E-state index in [1.165, 1.54) is 49.8 Å². The maximum Gasteiger partial charge on any atom is 0.0482 e. The van der Waals surface area contributed by atoms with Crippen molar-refractivity contribution in [2.45, 2.75) is 57.4 Å². The Morgan fingerprint density at radius 1 is 1.39 bits per heavy atom. The minimum atomic E-state index is 0.661. The molecule has 1 aromatic heterocycles. The third-order valence-corrected chi connectivity index (χ3v) is 4.43. The summed E-state index contributed by atoms with van der Waals surface area (Å²) >= 11 is 0. The van der Waals surface area contributed by atoms with Crippen LogP contribution in [0.25, 0.3) is 0 Å². The molecular formula is C16H24N2. The Kier molecular flexibility index (Phi) is 3.64. The van der Waals surface area contributed by atoms with E-state index in [9.17, 15) is 0 Å². The lowest BCUT2D eigenvalue weighted by atomic mass is 9.80. The van der Waals surface area contributed by atoms with Gasteiger partial charge in [0.25, 0.3) is 0 Å². The molecule has 0 saturated heterocycles. The molecule has 1 N–H and O–H groups in total. The molecule has 1 aromatic rings. The highest BCUT2D eigenvalue weighted by Crippen LogP contribution is 2.43. The lowest BCUT2D eigenvalue weighted by Crippen LogP contribution is -2.39. The van der Waals surface area contributed by atoms with Gasteiger partial charge in [0, 0.05) is 23.9 Å². The molecule has 98 valence electrons. The Labute approximate surface area is 110 Å². The van der Waals surface area contributed by atoms with Crippen molar-refractivity contribution >= 4 is 0 Å². The van der Waals surface area contributed by atoms with E-state index in [0.717, 1.165) is 12.5 Å². The molecule has 2 heteroatoms. The molecular weight excluding hydrogens is 220 g/mol. The Hall–Kier alpha value is -0.890. The number of pyridine rings is 1. The first-order chi connectivity index (χ1) is 8.90. The van der Waals surface area contributed by atoms with E-state index in [2.05, 4.69) is 24.4 Å². The van der Waals surface area contributed by atoms with Crippen molar-refractivity contribution in [3.63, 3.8) is 0 Å². The van der Waals surface area contributed by atoms with Crippen LogP contribution in [0.4, 0.5) is 0 Å². The minimum Gasteiger partial charge on any atom is -0.313 e. The molecule has 0 spiro atoms. The summed E-state index contributed by atoms with van der Waals surface area (Å²) in [5, 5.41) is 3.80. The van der Waals surface area contributed by atoms with Crippen molar-refractivity contribution < 1.29 is 0 Å². The zero-order valence-corrected chi connectivity index (χ0v) is 11.4. The van der Waals surface area contributed by atoms with Gasteiger partial charge in [-0.2, -0.15) is 0 Å². The topological polar surface area (TPSA) is 24.9 Å². The first kappa shape index (κ1) is 12.2. The number of aryl methyl sites for hydroxylation is 1. The van der Waals surface area contributed by atoms with E-state index in [1.54, 1.807) is 0 Å². The van der Waals surface area contributed by atoms with Gasteiger partial charge in [-0.15, -0.1) is 0 Å². The number of nitrogens with one attached hydrogen (secondary N) is 1. The van der Waals surface area contributed by atoms with Crippen molar-refractivity contribution in [2.75, 3.05) is 6.54 Å². The quantitative estimate of drug-likeness (QED) is 0.860. The first-order valence-electron chi connectivity index (χ1n) is 7.57. The summed E-state index contributed by atoms with van der Waals surface area (Å²) in [4.78, 5) is 4.70. The summed E-state index contributed by atoms with van der Waals surface area (Å²) in [7, 11) is 0. The van der Waals surface area contributed by atoms with E-state index in [0.29, 0.717) is 12.0 Å². The van der Waals surface area contributed by atoms with Gasteiger partial charge in [0.15, 0.2) is 0 Å². The van der Waals surface area contributed by atoms with E-state index in [4.69, 9.17) is 4.98 Å². The number of aromatic nitrogens is 1. The molecule has 2 unspecified atom stereocenters. The van der Waals surface area contributed by atoms with Gasteiger partial charge in [-0.3, -0.25) is 4.98 Å². The van der Waals surface area contributed by atoms with E-state index < -0.39 is 0 Å². The third-order valence-electron chi connectivity index (χ3n) is 4.43. The van der Waals surface area contributed by atoms with Crippen molar-refractivity contribution in [2.24, 2.45) is 5.92 Å². The number of rotatable bonds is 5. The molecule has 1 heterocycles. The average Bonchev–Trinajstić information content (AvgIpc) is 3.24. The molecule has 1 saturated carbocycles. The summed E-state index contributed by atoms with van der Waals surface area (Å²) in [5.74, 6) is 1.57. The third kappa shape index (κ3) is 2.44. The van der Waals surface area contributed by atoms with E-state index in [1.807, 2.05) is 6.20 Å². The highest BCUT2D eigenvalue weighted by Gasteiger charge is 2.38. The highest BCUT2D eigenvalue weighted by atomic mass is 14.9. The normalized spacial score (nSPS) is 24.6. The summed E-state index contributed by atoms with van der Waals surface area (Å²) in [5.41, 5.74) is 2.89. The van der Waals surface area contributed by atoms with Gasteiger partial charge >= 0.3 is 0 Å². The van der Waals surface area contributed by atoms with Gasteiger partial charge in [0.2, 0.25) is 0 Å². The van der Waals surface area contributed by atoms with Crippen LogP contribution in [0.5, 0.6) is 0 Å². The standard InChI is InChI=1S/C16H24N2/c1-2-10-17-16(13-8-9-13)14-7-3-5-12-6-4-11-18-15(12)14/h4,6,11,13-14,16-17H,2-3,5,7-10H2,1H3.